The average molecular weight is 195 g/mol. The van der Waals surface area contributed by atoms with Crippen LogP contribution in [0.1, 0.15) is 10.4 Å². The standard InChI is InChI=1S/C7H4N2O3S/c10-5-4(6(11)12)3-8-7-9(5)1-2-13-7/h1-3H,(H,11,12)/p-1. The lowest BCUT2D eigenvalue weighted by atomic mass is 10.3. The Bertz CT molecular complexity index is 528. The van der Waals surface area contributed by atoms with Crippen molar-refractivity contribution in [2.45, 2.75) is 0 Å². The Labute approximate surface area is 75.9 Å². The Kier molecular flexibility index (Phi) is 1.63. The van der Waals surface area contributed by atoms with Crippen LogP contribution in [0.2, 0.25) is 0 Å². The van der Waals surface area contributed by atoms with Crippen LogP contribution >= 0.6 is 11.3 Å². The molecule has 0 atom stereocenters. The molecule has 2 rings (SSSR count). The molecule has 6 heteroatoms. The Morgan fingerprint density at radius 2 is 2.38 bits per heavy atom. The minimum absolute atomic E-state index is 0.420. The maximum absolute atomic E-state index is 11.3. The number of carbonyl (C=O) groups is 1. The van der Waals surface area contributed by atoms with Crippen molar-refractivity contribution in [3.05, 3.63) is 33.7 Å². The quantitative estimate of drug-likeness (QED) is 0.592. The lowest BCUT2D eigenvalue weighted by Gasteiger charge is -1.99. The molecule has 2 aromatic rings. The van der Waals surface area contributed by atoms with Gasteiger partial charge in [-0.2, -0.15) is 0 Å². The Morgan fingerprint density at radius 1 is 1.62 bits per heavy atom. The molecule has 0 aliphatic heterocycles. The molecule has 0 saturated carbocycles. The van der Waals surface area contributed by atoms with Gasteiger partial charge in [-0.25, -0.2) is 4.98 Å². The van der Waals surface area contributed by atoms with Crippen molar-refractivity contribution in [3.8, 4) is 0 Å². The first-order chi connectivity index (χ1) is 6.20. The second-order valence-electron chi connectivity index (χ2n) is 2.32. The third-order valence-corrected chi connectivity index (χ3v) is 2.33. The Hall–Kier alpha value is -1.69. The lowest BCUT2D eigenvalue weighted by molar-refractivity contribution is -0.255. The van der Waals surface area contributed by atoms with Crippen LogP contribution in [-0.2, 0) is 0 Å². The van der Waals surface area contributed by atoms with Crippen LogP contribution in [0.5, 0.6) is 0 Å². The van der Waals surface area contributed by atoms with E-state index in [4.69, 9.17) is 0 Å². The third-order valence-electron chi connectivity index (χ3n) is 1.56. The lowest BCUT2D eigenvalue weighted by Crippen LogP contribution is -2.31. The van der Waals surface area contributed by atoms with E-state index in [9.17, 15) is 14.7 Å². The summed E-state index contributed by atoms with van der Waals surface area (Å²) in [5.74, 6) is -1.50. The van der Waals surface area contributed by atoms with Crippen LogP contribution in [0.3, 0.4) is 0 Å². The van der Waals surface area contributed by atoms with Gasteiger partial charge in [-0.1, -0.05) is 0 Å². The SMILES string of the molecule is O=C([O-])c1cnc2sccn2c1=O. The number of rotatable bonds is 1. The maximum atomic E-state index is 11.3. The van der Waals surface area contributed by atoms with Gasteiger partial charge in [0.05, 0.1) is 11.5 Å². The van der Waals surface area contributed by atoms with E-state index in [2.05, 4.69) is 4.98 Å². The van der Waals surface area contributed by atoms with Gasteiger partial charge in [0.1, 0.15) is 0 Å². The second kappa shape index (κ2) is 2.67. The van der Waals surface area contributed by atoms with E-state index >= 15 is 0 Å². The number of carboxylic acids is 1. The fourth-order valence-corrected chi connectivity index (χ4v) is 1.64. The normalized spacial score (nSPS) is 10.5. The highest BCUT2D eigenvalue weighted by atomic mass is 32.1. The summed E-state index contributed by atoms with van der Waals surface area (Å²) < 4.78 is 1.18. The molecule has 0 amide bonds. The molecular weight excluding hydrogens is 192 g/mol. The Morgan fingerprint density at radius 3 is 3.08 bits per heavy atom. The molecule has 2 aromatic heterocycles. The van der Waals surface area contributed by atoms with Crippen LogP contribution in [-0.4, -0.2) is 15.4 Å². The second-order valence-corrected chi connectivity index (χ2v) is 3.19. The number of hydrogen-bond acceptors (Lipinski definition) is 5. The number of nitrogens with zero attached hydrogens (tertiary/aromatic N) is 2. The van der Waals surface area contributed by atoms with Crippen LogP contribution in [0, 0.1) is 0 Å². The molecule has 5 nitrogen and oxygen atoms in total. The predicted octanol–water partition coefficient (Wildman–Crippen LogP) is -0.881. The van der Waals surface area contributed by atoms with Crippen LogP contribution < -0.4 is 10.7 Å². The van der Waals surface area contributed by atoms with Crippen molar-refractivity contribution in [1.29, 1.82) is 0 Å². The van der Waals surface area contributed by atoms with Gasteiger partial charge in [-0.05, 0) is 0 Å². The number of aromatic nitrogens is 2. The third kappa shape index (κ3) is 1.11. The van der Waals surface area contributed by atoms with Crippen molar-refractivity contribution >= 4 is 22.3 Å². The summed E-state index contributed by atoms with van der Waals surface area (Å²) in [5.41, 5.74) is -1.03. The first-order valence-electron chi connectivity index (χ1n) is 3.36. The molecule has 0 N–H and O–H groups in total. The smallest absolute Gasteiger partial charge is 0.267 e. The minimum Gasteiger partial charge on any atom is -0.545 e. The van der Waals surface area contributed by atoms with Crippen LogP contribution in [0.4, 0.5) is 0 Å². The largest absolute Gasteiger partial charge is 0.545 e. The molecule has 2 heterocycles. The summed E-state index contributed by atoms with van der Waals surface area (Å²) in [6.45, 7) is 0. The van der Waals surface area contributed by atoms with Crippen molar-refractivity contribution < 1.29 is 9.90 Å². The fourth-order valence-electron chi connectivity index (χ4n) is 0.965. The molecule has 0 spiro atoms. The fraction of sp³-hybridized carbons (Fsp3) is 0. The molecule has 0 bridgehead atoms. The van der Waals surface area contributed by atoms with E-state index < -0.39 is 17.1 Å². The molecule has 0 unspecified atom stereocenters. The van der Waals surface area contributed by atoms with E-state index in [1.165, 1.54) is 21.9 Å². The predicted molar refractivity (Wildman–Crippen MR) is 43.7 cm³/mol. The molecule has 0 saturated heterocycles. The summed E-state index contributed by atoms with van der Waals surface area (Å²) in [6, 6.07) is 0. The van der Waals surface area contributed by atoms with E-state index in [0.717, 1.165) is 6.20 Å². The summed E-state index contributed by atoms with van der Waals surface area (Å²) in [5, 5.41) is 12.1. The van der Waals surface area contributed by atoms with E-state index in [1.54, 1.807) is 5.38 Å². The van der Waals surface area contributed by atoms with Gasteiger partial charge < -0.3 is 9.90 Å². The van der Waals surface area contributed by atoms with Crippen molar-refractivity contribution in [2.75, 3.05) is 0 Å². The highest BCUT2D eigenvalue weighted by molar-refractivity contribution is 7.15. The van der Waals surface area contributed by atoms with Gasteiger partial charge in [0.25, 0.3) is 5.56 Å². The van der Waals surface area contributed by atoms with Crippen molar-refractivity contribution in [2.24, 2.45) is 0 Å². The first kappa shape index (κ1) is 7.93. The van der Waals surface area contributed by atoms with Gasteiger partial charge in [0.2, 0.25) is 0 Å². The number of carboxylic acid groups (broad SMARTS) is 1. The van der Waals surface area contributed by atoms with E-state index in [1.807, 2.05) is 0 Å². The topological polar surface area (TPSA) is 74.5 Å². The number of thiazole rings is 1. The molecule has 13 heavy (non-hydrogen) atoms. The summed E-state index contributed by atoms with van der Waals surface area (Å²) >= 11 is 1.26. The summed E-state index contributed by atoms with van der Waals surface area (Å²) in [6.07, 6.45) is 2.49. The van der Waals surface area contributed by atoms with Gasteiger partial charge in [-0.15, -0.1) is 11.3 Å². The average Bonchev–Trinajstić information content (AvgIpc) is 2.52. The van der Waals surface area contributed by atoms with Crippen LogP contribution in [0.15, 0.2) is 22.6 Å². The van der Waals surface area contributed by atoms with Gasteiger partial charge >= 0.3 is 0 Å². The number of hydrogen-bond donors (Lipinski definition) is 0. The highest BCUT2D eigenvalue weighted by Crippen LogP contribution is 2.04. The molecule has 66 valence electrons. The number of carbonyl (C=O) groups excluding carboxylic acids is 1. The maximum Gasteiger partial charge on any atom is 0.267 e. The molecule has 0 fully saturated rings. The van der Waals surface area contributed by atoms with Gasteiger partial charge in [0, 0.05) is 17.8 Å². The first-order valence-corrected chi connectivity index (χ1v) is 4.24. The molecule has 0 aliphatic rings. The number of aromatic carboxylic acids is 1. The van der Waals surface area contributed by atoms with Gasteiger partial charge in [-0.3, -0.25) is 9.20 Å². The van der Waals surface area contributed by atoms with Crippen molar-refractivity contribution in [3.63, 3.8) is 0 Å². The molecule has 0 radical (unpaired) electrons. The monoisotopic (exact) mass is 195 g/mol. The minimum atomic E-state index is -1.50. The summed E-state index contributed by atoms with van der Waals surface area (Å²) in [4.78, 5) is 26.0. The molecule has 0 aromatic carbocycles. The highest BCUT2D eigenvalue weighted by Gasteiger charge is 2.05. The molecular formula is C7H3N2O3S-. The summed E-state index contributed by atoms with van der Waals surface area (Å²) in [7, 11) is 0. The van der Waals surface area contributed by atoms with E-state index in [0.29, 0.717) is 4.96 Å². The van der Waals surface area contributed by atoms with E-state index in [-0.39, 0.29) is 0 Å². The van der Waals surface area contributed by atoms with Gasteiger partial charge in [0.15, 0.2) is 4.96 Å². The number of fused-ring (bicyclic) bond motifs is 1. The zero-order valence-corrected chi connectivity index (χ0v) is 7.08. The van der Waals surface area contributed by atoms with Crippen molar-refractivity contribution in [1.82, 2.24) is 9.38 Å². The zero-order chi connectivity index (χ0) is 9.42. The zero-order valence-electron chi connectivity index (χ0n) is 6.26. The molecule has 0 aliphatic carbocycles. The van der Waals surface area contributed by atoms with Crippen LogP contribution in [0.25, 0.3) is 4.96 Å². The Balaban J connectivity index is 2.89.